The van der Waals surface area contributed by atoms with Gasteiger partial charge < -0.3 is 4.74 Å². The zero-order valence-corrected chi connectivity index (χ0v) is 20.0. The number of aromatic nitrogens is 5. The summed E-state index contributed by atoms with van der Waals surface area (Å²) in [4.78, 5) is 4.10. The summed E-state index contributed by atoms with van der Waals surface area (Å²) in [5.41, 5.74) is 3.97. The maximum atomic E-state index is 13.3. The van der Waals surface area contributed by atoms with E-state index >= 15 is 0 Å². The minimum Gasteiger partial charge on any atom is -0.482 e. The van der Waals surface area contributed by atoms with Crippen molar-refractivity contribution in [2.75, 3.05) is 11.5 Å². The van der Waals surface area contributed by atoms with Gasteiger partial charge in [-0.15, -0.1) is 0 Å². The van der Waals surface area contributed by atoms with Crippen LogP contribution in [0.3, 0.4) is 0 Å². The van der Waals surface area contributed by atoms with Crippen LogP contribution in [0.2, 0.25) is 0 Å². The van der Waals surface area contributed by atoms with Gasteiger partial charge in [0.05, 0.1) is 41.8 Å². The van der Waals surface area contributed by atoms with Crippen molar-refractivity contribution in [3.8, 4) is 22.9 Å². The van der Waals surface area contributed by atoms with Crippen LogP contribution in [-0.4, -0.2) is 44.3 Å². The lowest BCUT2D eigenvalue weighted by molar-refractivity contribution is 0.223. The fourth-order valence-electron chi connectivity index (χ4n) is 4.48. The Morgan fingerprint density at radius 2 is 1.97 bits per heavy atom. The molecule has 1 fully saturated rings. The number of nitriles is 1. The predicted molar refractivity (Wildman–Crippen MR) is 126 cm³/mol. The van der Waals surface area contributed by atoms with Crippen LogP contribution in [0, 0.1) is 24.1 Å². The van der Waals surface area contributed by atoms with Crippen LogP contribution in [-0.2, 0) is 9.84 Å². The smallest absolute Gasteiger partial charge is 0.150 e. The first kappa shape index (κ1) is 23.0. The third kappa shape index (κ3) is 4.37. The molecular formula is C24H23FN6O3S. The van der Waals surface area contributed by atoms with E-state index in [0.29, 0.717) is 35.4 Å². The van der Waals surface area contributed by atoms with Crippen molar-refractivity contribution in [3.63, 3.8) is 0 Å². The lowest BCUT2D eigenvalue weighted by Gasteiger charge is -2.23. The van der Waals surface area contributed by atoms with E-state index < -0.39 is 21.8 Å². The van der Waals surface area contributed by atoms with Gasteiger partial charge in [0, 0.05) is 23.0 Å². The summed E-state index contributed by atoms with van der Waals surface area (Å²) in [6.45, 7) is 3.75. The van der Waals surface area contributed by atoms with Gasteiger partial charge >= 0.3 is 0 Å². The Labute approximate surface area is 201 Å². The summed E-state index contributed by atoms with van der Waals surface area (Å²) >= 11 is 0. The quantitative estimate of drug-likeness (QED) is 0.414. The van der Waals surface area contributed by atoms with Crippen molar-refractivity contribution in [2.45, 2.75) is 38.8 Å². The second-order valence-corrected chi connectivity index (χ2v) is 11.0. The number of ether oxygens (including phenoxy) is 1. The maximum absolute atomic E-state index is 13.3. The molecule has 0 saturated carbocycles. The Morgan fingerprint density at radius 1 is 1.20 bits per heavy atom. The highest BCUT2D eigenvalue weighted by Crippen LogP contribution is 2.35. The molecule has 180 valence electrons. The normalized spacial score (nSPS) is 16.7. The standard InChI is InChI=1S/C24H23FN6O3S/c1-15-21(13-29-31(15)20-5-7-35(32,33)8-6-20)17-9-23(24-18(10-26)11-28-30(24)14-17)34-16(2)22-4-3-19(25)12-27-22/h3-4,9,11-14,16,20H,5-8H2,1-2H3/t16-/m1/s1. The Hall–Kier alpha value is -3.78. The third-order valence-electron chi connectivity index (χ3n) is 6.39. The molecule has 0 spiro atoms. The molecule has 4 aromatic heterocycles. The fourth-order valence-corrected chi connectivity index (χ4v) is 5.95. The highest BCUT2D eigenvalue weighted by molar-refractivity contribution is 7.91. The molecule has 1 atom stereocenters. The number of halogens is 1. The van der Waals surface area contributed by atoms with Gasteiger partial charge in [0.25, 0.3) is 0 Å². The van der Waals surface area contributed by atoms with Gasteiger partial charge in [0.1, 0.15) is 44.7 Å². The van der Waals surface area contributed by atoms with E-state index in [4.69, 9.17) is 4.74 Å². The summed E-state index contributed by atoms with van der Waals surface area (Å²) in [5.74, 6) is 0.327. The summed E-state index contributed by atoms with van der Waals surface area (Å²) < 4.78 is 46.7. The molecule has 0 radical (unpaired) electrons. The first-order valence-electron chi connectivity index (χ1n) is 11.2. The maximum Gasteiger partial charge on any atom is 0.150 e. The van der Waals surface area contributed by atoms with Crippen LogP contribution >= 0.6 is 0 Å². The monoisotopic (exact) mass is 494 g/mol. The van der Waals surface area contributed by atoms with E-state index in [2.05, 4.69) is 21.3 Å². The van der Waals surface area contributed by atoms with Crippen molar-refractivity contribution in [1.82, 2.24) is 24.4 Å². The minimum atomic E-state index is -2.97. The molecule has 1 aliphatic heterocycles. The van der Waals surface area contributed by atoms with Gasteiger partial charge in [-0.3, -0.25) is 9.67 Å². The van der Waals surface area contributed by atoms with Crippen molar-refractivity contribution < 1.29 is 17.5 Å². The number of pyridine rings is 2. The van der Waals surface area contributed by atoms with Gasteiger partial charge in [-0.1, -0.05) is 0 Å². The SMILES string of the molecule is Cc1c(-c2cc(O[C@H](C)c3ccc(F)cn3)c3c(C#N)cnn3c2)cnn1C1CCS(=O)(=O)CC1. The van der Waals surface area contributed by atoms with Gasteiger partial charge in [-0.25, -0.2) is 17.3 Å². The first-order valence-corrected chi connectivity index (χ1v) is 13.0. The highest BCUT2D eigenvalue weighted by Gasteiger charge is 2.27. The molecule has 0 unspecified atom stereocenters. The van der Waals surface area contributed by atoms with Crippen LogP contribution in [0.4, 0.5) is 4.39 Å². The van der Waals surface area contributed by atoms with Gasteiger partial charge in [0.15, 0.2) is 0 Å². The van der Waals surface area contributed by atoms with E-state index in [1.807, 2.05) is 23.9 Å². The number of sulfone groups is 1. The Morgan fingerprint density at radius 3 is 2.66 bits per heavy atom. The van der Waals surface area contributed by atoms with Gasteiger partial charge in [0.2, 0.25) is 0 Å². The van der Waals surface area contributed by atoms with Gasteiger partial charge in [-0.2, -0.15) is 15.5 Å². The molecule has 1 aliphatic rings. The molecule has 4 aromatic rings. The summed E-state index contributed by atoms with van der Waals surface area (Å²) in [7, 11) is -2.97. The van der Waals surface area contributed by atoms with Crippen LogP contribution in [0.5, 0.6) is 5.75 Å². The van der Waals surface area contributed by atoms with Crippen molar-refractivity contribution in [2.24, 2.45) is 0 Å². The molecule has 0 amide bonds. The molecule has 0 aliphatic carbocycles. The Kier molecular flexibility index (Phi) is 5.76. The molecule has 5 heterocycles. The zero-order chi connectivity index (χ0) is 24.7. The number of fused-ring (bicyclic) bond motifs is 1. The van der Waals surface area contributed by atoms with Crippen LogP contribution < -0.4 is 4.74 Å². The summed E-state index contributed by atoms with van der Waals surface area (Å²) in [6.07, 6.45) is 6.73. The fraction of sp³-hybridized carbons (Fsp3) is 0.333. The molecule has 0 bridgehead atoms. The molecular weight excluding hydrogens is 471 g/mol. The summed E-state index contributed by atoms with van der Waals surface area (Å²) in [5, 5.41) is 18.5. The Bertz CT molecular complexity index is 1540. The average molecular weight is 495 g/mol. The number of hydrogen-bond acceptors (Lipinski definition) is 7. The first-order chi connectivity index (χ1) is 16.8. The average Bonchev–Trinajstić information content (AvgIpc) is 3.43. The zero-order valence-electron chi connectivity index (χ0n) is 19.2. The molecule has 0 N–H and O–H groups in total. The molecule has 35 heavy (non-hydrogen) atoms. The predicted octanol–water partition coefficient (Wildman–Crippen LogP) is 3.80. The van der Waals surface area contributed by atoms with Crippen molar-refractivity contribution >= 4 is 15.4 Å². The van der Waals surface area contributed by atoms with E-state index in [1.165, 1.54) is 12.3 Å². The molecule has 0 aromatic carbocycles. The summed E-state index contributed by atoms with van der Waals surface area (Å²) in [6, 6.07) is 6.87. The lowest BCUT2D eigenvalue weighted by Crippen LogP contribution is -2.26. The number of hydrogen-bond donors (Lipinski definition) is 0. The molecule has 5 rings (SSSR count). The van der Waals surface area contributed by atoms with Crippen LogP contribution in [0.1, 0.15) is 48.9 Å². The van der Waals surface area contributed by atoms with Crippen LogP contribution in [0.15, 0.2) is 43.0 Å². The molecule has 1 saturated heterocycles. The van der Waals surface area contributed by atoms with Crippen molar-refractivity contribution in [3.05, 3.63) is 65.8 Å². The van der Waals surface area contributed by atoms with E-state index in [0.717, 1.165) is 23.0 Å². The van der Waals surface area contributed by atoms with Gasteiger partial charge in [-0.05, 0) is 44.9 Å². The third-order valence-corrected chi connectivity index (χ3v) is 8.11. The molecule has 11 heteroatoms. The lowest BCUT2D eigenvalue weighted by atomic mass is 10.1. The minimum absolute atomic E-state index is 0.0196. The van der Waals surface area contributed by atoms with Crippen LogP contribution in [0.25, 0.3) is 16.6 Å². The number of nitrogens with zero attached hydrogens (tertiary/aromatic N) is 6. The van der Waals surface area contributed by atoms with E-state index in [1.54, 1.807) is 23.7 Å². The highest BCUT2D eigenvalue weighted by atomic mass is 32.2. The Balaban J connectivity index is 1.53. The second kappa shape index (κ2) is 8.78. The second-order valence-electron chi connectivity index (χ2n) is 8.69. The van der Waals surface area contributed by atoms with Crippen molar-refractivity contribution in [1.29, 1.82) is 5.26 Å². The largest absolute Gasteiger partial charge is 0.482 e. The van der Waals surface area contributed by atoms with E-state index in [-0.39, 0.29) is 17.5 Å². The number of rotatable bonds is 5. The molecule has 9 nitrogen and oxygen atoms in total. The van der Waals surface area contributed by atoms with E-state index in [9.17, 15) is 18.1 Å². The topological polar surface area (TPSA) is 115 Å².